The molecule has 2 aliphatic carbocycles. The largest absolute Gasteiger partial charge is 0.504 e. The number of aromatic hydroxyl groups is 1. The summed E-state index contributed by atoms with van der Waals surface area (Å²) in [5.41, 5.74) is -0.614. The van der Waals surface area contributed by atoms with Crippen molar-refractivity contribution < 1.29 is 53.8 Å². The molecule has 4 aliphatic rings. The fourth-order valence-corrected chi connectivity index (χ4v) is 7.14. The van der Waals surface area contributed by atoms with Gasteiger partial charge in [0.25, 0.3) is 5.91 Å². The summed E-state index contributed by atoms with van der Waals surface area (Å²) in [6.45, 7) is 5.48. The average Bonchev–Trinajstić information content (AvgIpc) is 3.29. The van der Waals surface area contributed by atoms with Crippen molar-refractivity contribution in [2.75, 3.05) is 13.6 Å². The minimum atomic E-state index is -1.95. The Hall–Kier alpha value is -3.68. The summed E-state index contributed by atoms with van der Waals surface area (Å²) < 4.78 is 16.8. The number of hydrogen-bond acceptors (Lipinski definition) is 11. The van der Waals surface area contributed by atoms with Crippen molar-refractivity contribution in [2.45, 2.75) is 94.3 Å². The van der Waals surface area contributed by atoms with Crippen LogP contribution >= 0.6 is 0 Å². The fourth-order valence-electron chi connectivity index (χ4n) is 7.14. The maximum absolute atomic E-state index is 12.9. The molecule has 1 saturated heterocycles. The van der Waals surface area contributed by atoms with E-state index in [1.165, 1.54) is 6.92 Å². The van der Waals surface area contributed by atoms with Crippen LogP contribution in [0.15, 0.2) is 24.0 Å². The number of carboxylic acids is 1. The topological polar surface area (TPSA) is 192 Å². The molecule has 13 nitrogen and oxygen atoms in total. The number of amides is 1. The number of rotatable bonds is 10. The van der Waals surface area contributed by atoms with Crippen LogP contribution in [0.3, 0.4) is 0 Å². The highest BCUT2D eigenvalue weighted by molar-refractivity contribution is 5.88. The number of esters is 2. The number of hydrogen-bond donors (Lipinski definition) is 5. The van der Waals surface area contributed by atoms with Gasteiger partial charge in [-0.2, -0.15) is 0 Å². The van der Waals surface area contributed by atoms with Crippen LogP contribution in [0.1, 0.15) is 57.6 Å². The standard InChI is InChI=1S/C30H38N2O11/c1-14(2)11-17(27(37)38)31-26(36)15(3)41-22(35)13-19(34)28(39)42-20-7-8-30(40)21-12-16-5-6-18(33)24-23(16)29(30,25(20)43-24)9-10-32(21)4/h5-7,14-15,17,19,21,25,33-34,40H,8-13H2,1-4H3,(H,31,36)(H,37,38)/t15-,17-,19-,21+,25-,29-,30+/m0/s1. The number of benzene rings is 1. The second-order valence-electron chi connectivity index (χ2n) is 12.4. The summed E-state index contributed by atoms with van der Waals surface area (Å²) in [6.07, 6.45) is -2.21. The maximum atomic E-state index is 12.9. The molecule has 13 heteroatoms. The Balaban J connectivity index is 1.26. The molecule has 2 heterocycles. The predicted molar refractivity (Wildman–Crippen MR) is 148 cm³/mol. The molecule has 2 aliphatic heterocycles. The summed E-state index contributed by atoms with van der Waals surface area (Å²) in [5.74, 6) is -4.08. The van der Waals surface area contributed by atoms with Crippen LogP contribution in [-0.2, 0) is 40.5 Å². The van der Waals surface area contributed by atoms with E-state index in [0.29, 0.717) is 24.9 Å². The highest BCUT2D eigenvalue weighted by Gasteiger charge is 2.72. The number of aliphatic hydroxyl groups excluding tert-OH is 1. The zero-order valence-electron chi connectivity index (χ0n) is 24.5. The lowest BCUT2D eigenvalue weighted by atomic mass is 9.50. The molecule has 5 rings (SSSR count). The van der Waals surface area contributed by atoms with Crippen LogP contribution in [0.4, 0.5) is 0 Å². The molecular weight excluding hydrogens is 564 g/mol. The lowest BCUT2D eigenvalue weighted by Gasteiger charge is -2.61. The number of carbonyl (C=O) groups is 4. The van der Waals surface area contributed by atoms with Crippen LogP contribution in [0.5, 0.6) is 11.5 Å². The first-order valence-electron chi connectivity index (χ1n) is 14.5. The van der Waals surface area contributed by atoms with Gasteiger partial charge in [-0.3, -0.25) is 9.59 Å². The van der Waals surface area contributed by atoms with Gasteiger partial charge in [0, 0.05) is 18.0 Å². The molecular formula is C30H38N2O11. The van der Waals surface area contributed by atoms with Gasteiger partial charge in [-0.05, 0) is 63.4 Å². The summed E-state index contributed by atoms with van der Waals surface area (Å²) in [5, 5.41) is 44.9. The number of likely N-dealkylation sites (tertiary alicyclic amines) is 1. The van der Waals surface area contributed by atoms with Crippen LogP contribution in [-0.4, -0.2) is 98.7 Å². The Morgan fingerprint density at radius 3 is 2.60 bits per heavy atom. The molecule has 1 aromatic rings. The van der Waals surface area contributed by atoms with Gasteiger partial charge < -0.3 is 44.9 Å². The van der Waals surface area contributed by atoms with E-state index in [0.717, 1.165) is 5.56 Å². The van der Waals surface area contributed by atoms with Crippen LogP contribution in [0, 0.1) is 5.92 Å². The number of likely N-dealkylation sites (N-methyl/N-ethyl adjacent to an activating group) is 1. The minimum absolute atomic E-state index is 0.0105. The molecule has 1 fully saturated rings. The van der Waals surface area contributed by atoms with E-state index >= 15 is 0 Å². The first kappa shape index (κ1) is 30.8. The number of nitrogens with zero attached hydrogens (tertiary/aromatic N) is 1. The van der Waals surface area contributed by atoms with Gasteiger partial charge in [-0.1, -0.05) is 19.9 Å². The third-order valence-electron chi connectivity index (χ3n) is 9.20. The Kier molecular flexibility index (Phi) is 7.95. The lowest BCUT2D eigenvalue weighted by molar-refractivity contribution is -0.173. The number of aliphatic carboxylic acids is 1. The summed E-state index contributed by atoms with van der Waals surface area (Å²) >= 11 is 0. The van der Waals surface area contributed by atoms with Gasteiger partial charge in [-0.15, -0.1) is 0 Å². The molecule has 1 amide bonds. The SMILES string of the molecule is CC(C)C[C@H](NC(=O)[C@H](C)OC(=O)C[C@H](O)C(=O)OC1=CC[C@@]2(O)[C@H]3Cc4ccc(O)c5c4[C@@]2(CCN3C)[C@H]1O5)C(=O)O. The molecule has 7 atom stereocenters. The predicted octanol–water partition coefficient (Wildman–Crippen LogP) is 0.511. The van der Waals surface area contributed by atoms with E-state index < -0.39 is 65.6 Å². The van der Waals surface area contributed by atoms with Gasteiger partial charge in [0.15, 0.2) is 29.8 Å². The van der Waals surface area contributed by atoms with Crippen molar-refractivity contribution in [2.24, 2.45) is 5.92 Å². The van der Waals surface area contributed by atoms with Crippen molar-refractivity contribution >= 4 is 23.8 Å². The Bertz CT molecular complexity index is 1380. The molecule has 1 aromatic carbocycles. The summed E-state index contributed by atoms with van der Waals surface area (Å²) in [7, 11) is 1.95. The normalized spacial score (nSPS) is 29.0. The molecule has 0 radical (unpaired) electrons. The quantitative estimate of drug-likeness (QED) is 0.234. The van der Waals surface area contributed by atoms with Gasteiger partial charge in [0.05, 0.1) is 17.4 Å². The second kappa shape index (κ2) is 11.1. The Labute approximate surface area is 248 Å². The third-order valence-corrected chi connectivity index (χ3v) is 9.20. The number of carbonyl (C=O) groups excluding carboxylic acids is 3. The molecule has 234 valence electrons. The zero-order valence-corrected chi connectivity index (χ0v) is 24.5. The van der Waals surface area contributed by atoms with Gasteiger partial charge >= 0.3 is 17.9 Å². The lowest BCUT2D eigenvalue weighted by Crippen LogP contribution is -2.74. The number of ether oxygens (including phenoxy) is 3. The van der Waals surface area contributed by atoms with E-state index in [-0.39, 0.29) is 42.1 Å². The number of piperidine rings is 1. The Morgan fingerprint density at radius 2 is 1.93 bits per heavy atom. The number of nitrogens with one attached hydrogen (secondary N) is 1. The monoisotopic (exact) mass is 602 g/mol. The minimum Gasteiger partial charge on any atom is -0.504 e. The molecule has 5 N–H and O–H groups in total. The van der Waals surface area contributed by atoms with Crippen LogP contribution in [0.25, 0.3) is 0 Å². The maximum Gasteiger partial charge on any atom is 0.340 e. The number of aliphatic hydroxyl groups is 2. The smallest absolute Gasteiger partial charge is 0.340 e. The van der Waals surface area contributed by atoms with Crippen LogP contribution < -0.4 is 10.1 Å². The highest BCUT2D eigenvalue weighted by atomic mass is 16.6. The molecule has 1 spiro atoms. The van der Waals surface area contributed by atoms with E-state index in [1.54, 1.807) is 26.0 Å². The average molecular weight is 603 g/mol. The van der Waals surface area contributed by atoms with E-state index in [4.69, 9.17) is 14.2 Å². The summed E-state index contributed by atoms with van der Waals surface area (Å²) in [6, 6.07) is 1.96. The Morgan fingerprint density at radius 1 is 1.21 bits per heavy atom. The summed E-state index contributed by atoms with van der Waals surface area (Å²) in [4.78, 5) is 51.3. The van der Waals surface area contributed by atoms with Crippen molar-refractivity contribution in [1.29, 1.82) is 0 Å². The van der Waals surface area contributed by atoms with Crippen molar-refractivity contribution in [3.8, 4) is 11.5 Å². The molecule has 0 saturated carbocycles. The first-order chi connectivity index (χ1) is 20.2. The molecule has 0 aromatic heterocycles. The number of carboxylic acid groups (broad SMARTS) is 1. The van der Waals surface area contributed by atoms with Crippen molar-refractivity contribution in [1.82, 2.24) is 10.2 Å². The highest BCUT2D eigenvalue weighted by Crippen LogP contribution is 2.65. The number of phenols is 1. The van der Waals surface area contributed by atoms with Gasteiger partial charge in [0.1, 0.15) is 11.8 Å². The molecule has 43 heavy (non-hydrogen) atoms. The van der Waals surface area contributed by atoms with Gasteiger partial charge in [-0.25, -0.2) is 9.59 Å². The third kappa shape index (κ3) is 5.02. The van der Waals surface area contributed by atoms with E-state index in [9.17, 15) is 39.6 Å². The van der Waals surface area contributed by atoms with Crippen LogP contribution in [0.2, 0.25) is 0 Å². The molecule has 2 bridgehead atoms. The van der Waals surface area contributed by atoms with E-state index in [2.05, 4.69) is 10.2 Å². The molecule has 0 unspecified atom stereocenters. The zero-order chi connectivity index (χ0) is 31.4. The van der Waals surface area contributed by atoms with Crippen molar-refractivity contribution in [3.05, 3.63) is 35.1 Å². The van der Waals surface area contributed by atoms with Gasteiger partial charge in [0.2, 0.25) is 0 Å². The number of phenolic OH excluding ortho intramolecular Hbond substituents is 1. The first-order valence-corrected chi connectivity index (χ1v) is 14.5. The van der Waals surface area contributed by atoms with E-state index in [1.807, 2.05) is 13.1 Å². The van der Waals surface area contributed by atoms with Crippen molar-refractivity contribution in [3.63, 3.8) is 0 Å². The fraction of sp³-hybridized carbons (Fsp3) is 0.600. The second-order valence-corrected chi connectivity index (χ2v) is 12.4.